The minimum absolute atomic E-state index is 0.100. The number of hydrogen-bond donors (Lipinski definition) is 1. The lowest BCUT2D eigenvalue weighted by molar-refractivity contribution is 0.218. The first-order valence-corrected chi connectivity index (χ1v) is 8.59. The monoisotopic (exact) mass is 291 g/mol. The fourth-order valence-corrected chi connectivity index (χ4v) is 3.84. The Kier molecular flexibility index (Phi) is 6.22. The van der Waals surface area contributed by atoms with Gasteiger partial charge in [0.2, 0.25) is 0 Å². The molecule has 0 aliphatic heterocycles. The van der Waals surface area contributed by atoms with Crippen LogP contribution in [0.5, 0.6) is 0 Å². The maximum absolute atomic E-state index is 13.5. The Morgan fingerprint density at radius 1 is 1.24 bits per heavy atom. The Labute approximate surface area is 129 Å². The third-order valence-corrected chi connectivity index (χ3v) is 5.18. The molecule has 0 radical (unpaired) electrons. The highest BCUT2D eigenvalue weighted by molar-refractivity contribution is 5.27. The number of hydrogen-bond acceptors (Lipinski definition) is 1. The first kappa shape index (κ1) is 16.5. The summed E-state index contributed by atoms with van der Waals surface area (Å²) in [6.07, 6.45) is 9.43. The number of rotatable bonds is 6. The lowest BCUT2D eigenvalue weighted by atomic mass is 9.75. The van der Waals surface area contributed by atoms with E-state index in [1.54, 1.807) is 6.07 Å². The van der Waals surface area contributed by atoms with Crippen LogP contribution < -0.4 is 5.32 Å². The number of benzene rings is 1. The van der Waals surface area contributed by atoms with Crippen LogP contribution in [0.25, 0.3) is 0 Å². The summed E-state index contributed by atoms with van der Waals surface area (Å²) < 4.78 is 13.5. The van der Waals surface area contributed by atoms with E-state index in [-0.39, 0.29) is 5.82 Å². The van der Waals surface area contributed by atoms with Gasteiger partial charge in [-0.05, 0) is 55.8 Å². The van der Waals surface area contributed by atoms with Gasteiger partial charge in [0.05, 0.1) is 0 Å². The highest BCUT2D eigenvalue weighted by Gasteiger charge is 2.27. The highest BCUT2D eigenvalue weighted by atomic mass is 19.1. The molecule has 1 aliphatic carbocycles. The lowest BCUT2D eigenvalue weighted by Crippen LogP contribution is -2.29. The molecule has 1 unspecified atom stereocenters. The minimum Gasteiger partial charge on any atom is -0.313 e. The van der Waals surface area contributed by atoms with Gasteiger partial charge in [0.25, 0.3) is 0 Å². The third kappa shape index (κ3) is 4.29. The van der Waals surface area contributed by atoms with Gasteiger partial charge in [-0.1, -0.05) is 51.2 Å². The molecule has 0 heterocycles. The van der Waals surface area contributed by atoms with Crippen molar-refractivity contribution in [2.75, 3.05) is 7.05 Å². The molecule has 0 bridgehead atoms. The van der Waals surface area contributed by atoms with Crippen LogP contribution in [-0.2, 0) is 0 Å². The quantitative estimate of drug-likeness (QED) is 0.741. The summed E-state index contributed by atoms with van der Waals surface area (Å²) in [7, 11) is 2.03. The molecule has 0 saturated heterocycles. The molecule has 1 atom stereocenters. The van der Waals surface area contributed by atoms with Crippen LogP contribution in [0.1, 0.15) is 69.0 Å². The SMILES string of the molecule is CCCCC1CCC(C(NC)c2ccc(F)c(C)c2)CC1. The molecule has 2 heteroatoms. The summed E-state index contributed by atoms with van der Waals surface area (Å²) in [4.78, 5) is 0. The van der Waals surface area contributed by atoms with E-state index < -0.39 is 0 Å². The molecular weight excluding hydrogens is 261 g/mol. The van der Waals surface area contributed by atoms with Gasteiger partial charge < -0.3 is 5.32 Å². The van der Waals surface area contributed by atoms with Crippen LogP contribution in [0.2, 0.25) is 0 Å². The molecule has 1 N–H and O–H groups in total. The van der Waals surface area contributed by atoms with Crippen LogP contribution in [-0.4, -0.2) is 7.05 Å². The van der Waals surface area contributed by atoms with Gasteiger partial charge in [-0.25, -0.2) is 4.39 Å². The number of nitrogens with one attached hydrogen (secondary N) is 1. The average Bonchev–Trinajstić information content (AvgIpc) is 2.50. The van der Waals surface area contributed by atoms with E-state index in [4.69, 9.17) is 0 Å². The largest absolute Gasteiger partial charge is 0.313 e. The average molecular weight is 291 g/mol. The van der Waals surface area contributed by atoms with E-state index in [1.807, 2.05) is 26.1 Å². The van der Waals surface area contributed by atoms with Crippen LogP contribution in [0.15, 0.2) is 18.2 Å². The van der Waals surface area contributed by atoms with Crippen molar-refractivity contribution in [1.82, 2.24) is 5.32 Å². The van der Waals surface area contributed by atoms with Crippen molar-refractivity contribution in [2.24, 2.45) is 11.8 Å². The van der Waals surface area contributed by atoms with Crippen LogP contribution in [0, 0.1) is 24.6 Å². The van der Waals surface area contributed by atoms with Crippen molar-refractivity contribution in [3.05, 3.63) is 35.1 Å². The maximum atomic E-state index is 13.5. The first-order chi connectivity index (χ1) is 10.2. The second-order valence-electron chi connectivity index (χ2n) is 6.70. The predicted octanol–water partition coefficient (Wildman–Crippen LogP) is 5.39. The summed E-state index contributed by atoms with van der Waals surface area (Å²) >= 11 is 0. The van der Waals surface area contributed by atoms with Crippen LogP contribution >= 0.6 is 0 Å². The van der Waals surface area contributed by atoms with Crippen molar-refractivity contribution < 1.29 is 4.39 Å². The topological polar surface area (TPSA) is 12.0 Å². The molecule has 0 amide bonds. The van der Waals surface area contributed by atoms with E-state index in [9.17, 15) is 4.39 Å². The standard InChI is InChI=1S/C19H30FN/c1-4-5-6-15-7-9-16(10-8-15)19(21-3)17-11-12-18(20)14(2)13-17/h11-13,15-16,19,21H,4-10H2,1-3H3. The summed E-state index contributed by atoms with van der Waals surface area (Å²) in [6, 6.07) is 5.95. The van der Waals surface area contributed by atoms with Gasteiger partial charge >= 0.3 is 0 Å². The van der Waals surface area contributed by atoms with Crippen molar-refractivity contribution in [1.29, 1.82) is 0 Å². The highest BCUT2D eigenvalue weighted by Crippen LogP contribution is 2.38. The molecule has 0 spiro atoms. The smallest absolute Gasteiger partial charge is 0.126 e. The fourth-order valence-electron chi connectivity index (χ4n) is 3.84. The van der Waals surface area contributed by atoms with Gasteiger partial charge in [-0.3, -0.25) is 0 Å². The Hall–Kier alpha value is -0.890. The van der Waals surface area contributed by atoms with Crippen LogP contribution in [0.3, 0.4) is 0 Å². The zero-order valence-corrected chi connectivity index (χ0v) is 13.8. The van der Waals surface area contributed by atoms with E-state index >= 15 is 0 Å². The number of aryl methyl sites for hydroxylation is 1. The number of halogens is 1. The van der Waals surface area contributed by atoms with E-state index in [0.29, 0.717) is 12.0 Å². The Balaban J connectivity index is 1.97. The van der Waals surface area contributed by atoms with Crippen molar-refractivity contribution >= 4 is 0 Å². The van der Waals surface area contributed by atoms with Gasteiger partial charge in [0, 0.05) is 6.04 Å². The van der Waals surface area contributed by atoms with Crippen molar-refractivity contribution in [3.63, 3.8) is 0 Å². The molecular formula is C19H30FN. The van der Waals surface area contributed by atoms with Gasteiger partial charge in [0.1, 0.15) is 5.82 Å². The van der Waals surface area contributed by atoms with E-state index in [1.165, 1.54) is 50.5 Å². The molecule has 118 valence electrons. The molecule has 21 heavy (non-hydrogen) atoms. The van der Waals surface area contributed by atoms with Crippen molar-refractivity contribution in [3.8, 4) is 0 Å². The molecule has 1 nitrogen and oxygen atoms in total. The third-order valence-electron chi connectivity index (χ3n) is 5.18. The predicted molar refractivity (Wildman–Crippen MR) is 87.9 cm³/mol. The van der Waals surface area contributed by atoms with Gasteiger partial charge in [-0.15, -0.1) is 0 Å². The molecule has 0 aromatic heterocycles. The molecule has 1 aromatic rings. The summed E-state index contributed by atoms with van der Waals surface area (Å²) in [6.45, 7) is 4.13. The lowest BCUT2D eigenvalue weighted by Gasteiger charge is -2.34. The summed E-state index contributed by atoms with van der Waals surface area (Å²) in [5.74, 6) is 1.53. The van der Waals surface area contributed by atoms with E-state index in [2.05, 4.69) is 12.2 Å². The molecule has 1 aromatic carbocycles. The van der Waals surface area contributed by atoms with E-state index in [0.717, 1.165) is 11.5 Å². The Morgan fingerprint density at radius 2 is 1.95 bits per heavy atom. The minimum atomic E-state index is -0.100. The Morgan fingerprint density at radius 3 is 2.52 bits per heavy atom. The van der Waals surface area contributed by atoms with Crippen LogP contribution in [0.4, 0.5) is 4.39 Å². The molecule has 1 fully saturated rings. The summed E-state index contributed by atoms with van der Waals surface area (Å²) in [5.41, 5.74) is 2.00. The second kappa shape index (κ2) is 7.93. The zero-order valence-electron chi connectivity index (χ0n) is 13.8. The maximum Gasteiger partial charge on any atom is 0.126 e. The fraction of sp³-hybridized carbons (Fsp3) is 0.684. The second-order valence-corrected chi connectivity index (χ2v) is 6.70. The zero-order chi connectivity index (χ0) is 15.2. The number of unbranched alkanes of at least 4 members (excludes halogenated alkanes) is 1. The molecule has 2 rings (SSSR count). The van der Waals surface area contributed by atoms with Gasteiger partial charge in [0.15, 0.2) is 0 Å². The Bertz CT molecular complexity index is 435. The first-order valence-electron chi connectivity index (χ1n) is 8.59. The molecule has 1 aliphatic rings. The molecule has 1 saturated carbocycles. The normalized spacial score (nSPS) is 24.0. The van der Waals surface area contributed by atoms with Crippen molar-refractivity contribution in [2.45, 2.75) is 64.8 Å². The summed E-state index contributed by atoms with van der Waals surface area (Å²) in [5, 5.41) is 3.47. The van der Waals surface area contributed by atoms with Gasteiger partial charge in [-0.2, -0.15) is 0 Å².